The Morgan fingerprint density at radius 1 is 1.56 bits per heavy atom. The van der Waals surface area contributed by atoms with Gasteiger partial charge < -0.3 is 15.4 Å². The molecule has 1 fully saturated rings. The predicted molar refractivity (Wildman–Crippen MR) is 65.6 cm³/mol. The Hall–Kier alpha value is -1.46. The van der Waals surface area contributed by atoms with E-state index in [1.165, 1.54) is 6.07 Å². The number of halogens is 1. The Morgan fingerprint density at radius 2 is 2.33 bits per heavy atom. The summed E-state index contributed by atoms with van der Waals surface area (Å²) in [5.74, 6) is -0.469. The lowest BCUT2D eigenvalue weighted by Crippen LogP contribution is -2.51. The maximum Gasteiger partial charge on any atom is 0.240 e. The van der Waals surface area contributed by atoms with Crippen molar-refractivity contribution in [2.75, 3.05) is 19.8 Å². The van der Waals surface area contributed by atoms with Crippen LogP contribution in [0.25, 0.3) is 0 Å². The van der Waals surface area contributed by atoms with Crippen molar-refractivity contribution in [3.63, 3.8) is 0 Å². The Bertz CT molecular complexity index is 419. The summed E-state index contributed by atoms with van der Waals surface area (Å²) in [6.07, 6.45) is 0. The summed E-state index contributed by atoms with van der Waals surface area (Å²) >= 11 is 0. The van der Waals surface area contributed by atoms with Gasteiger partial charge >= 0.3 is 0 Å². The van der Waals surface area contributed by atoms with Gasteiger partial charge in [0, 0.05) is 12.1 Å². The molecule has 2 atom stereocenters. The number of hydrogen-bond donors (Lipinski definition) is 2. The highest BCUT2D eigenvalue weighted by atomic mass is 19.1. The Morgan fingerprint density at radius 3 is 3.00 bits per heavy atom. The average Bonchev–Trinajstić information content (AvgIpc) is 2.40. The van der Waals surface area contributed by atoms with Gasteiger partial charge in [0.1, 0.15) is 11.9 Å². The van der Waals surface area contributed by atoms with E-state index in [1.54, 1.807) is 25.1 Å². The third kappa shape index (κ3) is 3.05. The topological polar surface area (TPSA) is 50.4 Å². The average molecular weight is 252 g/mol. The molecule has 98 valence electrons. The monoisotopic (exact) mass is 252 g/mol. The van der Waals surface area contributed by atoms with Gasteiger partial charge in [0.2, 0.25) is 5.91 Å². The number of carbonyl (C=O) groups is 1. The summed E-state index contributed by atoms with van der Waals surface area (Å²) in [5.41, 5.74) is 0.488. The molecule has 2 rings (SSSR count). The highest BCUT2D eigenvalue weighted by Crippen LogP contribution is 2.16. The van der Waals surface area contributed by atoms with Crippen LogP contribution in [-0.2, 0) is 9.53 Å². The molecule has 0 bridgehead atoms. The van der Waals surface area contributed by atoms with Crippen LogP contribution in [0.1, 0.15) is 18.5 Å². The molecule has 1 aromatic rings. The standard InChI is InChI=1S/C13H17FN2O2/c1-9(10-4-2-3-5-11(10)14)16-13(17)12-8-18-7-6-15-12/h2-5,9,12,15H,6-8H2,1H3,(H,16,17)/t9-,12?/m1/s1. The van der Waals surface area contributed by atoms with Gasteiger partial charge in [0.05, 0.1) is 19.3 Å². The minimum atomic E-state index is -0.359. The second-order valence-corrected chi connectivity index (χ2v) is 4.33. The van der Waals surface area contributed by atoms with Crippen LogP contribution in [0.5, 0.6) is 0 Å². The molecule has 1 unspecified atom stereocenters. The molecule has 1 amide bonds. The zero-order chi connectivity index (χ0) is 13.0. The lowest BCUT2D eigenvalue weighted by atomic mass is 10.1. The largest absolute Gasteiger partial charge is 0.378 e. The molecule has 0 aromatic heterocycles. The number of benzene rings is 1. The smallest absolute Gasteiger partial charge is 0.240 e. The Balaban J connectivity index is 1.96. The van der Waals surface area contributed by atoms with Crippen molar-refractivity contribution in [1.29, 1.82) is 0 Å². The van der Waals surface area contributed by atoms with Gasteiger partial charge in [-0.1, -0.05) is 18.2 Å². The summed E-state index contributed by atoms with van der Waals surface area (Å²) in [6, 6.07) is 5.73. The minimum absolute atomic E-state index is 0.162. The van der Waals surface area contributed by atoms with Crippen molar-refractivity contribution >= 4 is 5.91 Å². The number of morpholine rings is 1. The lowest BCUT2D eigenvalue weighted by molar-refractivity contribution is -0.126. The predicted octanol–water partition coefficient (Wildman–Crippen LogP) is 0.991. The van der Waals surface area contributed by atoms with Crippen molar-refractivity contribution in [2.45, 2.75) is 19.0 Å². The van der Waals surface area contributed by atoms with Crippen molar-refractivity contribution in [3.05, 3.63) is 35.6 Å². The van der Waals surface area contributed by atoms with Gasteiger partial charge in [-0.2, -0.15) is 0 Å². The fraction of sp³-hybridized carbons (Fsp3) is 0.462. The van der Waals surface area contributed by atoms with Crippen LogP contribution in [0.2, 0.25) is 0 Å². The van der Waals surface area contributed by atoms with E-state index in [1.807, 2.05) is 0 Å². The van der Waals surface area contributed by atoms with Gasteiger partial charge in [0.15, 0.2) is 0 Å². The second kappa shape index (κ2) is 5.93. The zero-order valence-electron chi connectivity index (χ0n) is 10.3. The van der Waals surface area contributed by atoms with E-state index < -0.39 is 0 Å². The molecule has 1 aliphatic rings. The molecule has 0 aliphatic carbocycles. The summed E-state index contributed by atoms with van der Waals surface area (Å²) in [7, 11) is 0. The fourth-order valence-corrected chi connectivity index (χ4v) is 1.95. The third-order valence-corrected chi connectivity index (χ3v) is 2.97. The number of rotatable bonds is 3. The first-order valence-electron chi connectivity index (χ1n) is 6.04. The molecule has 1 saturated heterocycles. The molecule has 2 N–H and O–H groups in total. The first-order chi connectivity index (χ1) is 8.68. The van der Waals surface area contributed by atoms with E-state index in [2.05, 4.69) is 10.6 Å². The molecular weight excluding hydrogens is 235 g/mol. The van der Waals surface area contributed by atoms with Gasteiger partial charge in [-0.15, -0.1) is 0 Å². The number of amides is 1. The fourth-order valence-electron chi connectivity index (χ4n) is 1.95. The molecule has 1 heterocycles. The summed E-state index contributed by atoms with van der Waals surface area (Å²) in [6.45, 7) is 3.40. The molecule has 0 saturated carbocycles. The molecule has 0 spiro atoms. The van der Waals surface area contributed by atoms with Crippen molar-refractivity contribution in [2.24, 2.45) is 0 Å². The van der Waals surface area contributed by atoms with Crippen molar-refractivity contribution in [3.8, 4) is 0 Å². The molecule has 5 heteroatoms. The van der Waals surface area contributed by atoms with Gasteiger partial charge in [-0.05, 0) is 13.0 Å². The number of hydrogen-bond acceptors (Lipinski definition) is 3. The van der Waals surface area contributed by atoms with Gasteiger partial charge in [-0.25, -0.2) is 4.39 Å². The molecular formula is C13H17FN2O2. The summed E-state index contributed by atoms with van der Waals surface area (Å²) in [4.78, 5) is 11.9. The Labute approximate surface area is 106 Å². The van der Waals surface area contributed by atoms with Crippen molar-refractivity contribution < 1.29 is 13.9 Å². The second-order valence-electron chi connectivity index (χ2n) is 4.33. The van der Waals surface area contributed by atoms with Crippen LogP contribution in [0.15, 0.2) is 24.3 Å². The van der Waals surface area contributed by atoms with E-state index in [0.717, 1.165) is 0 Å². The van der Waals surface area contributed by atoms with Crippen molar-refractivity contribution in [1.82, 2.24) is 10.6 Å². The number of ether oxygens (including phenoxy) is 1. The first-order valence-corrected chi connectivity index (χ1v) is 6.04. The molecule has 1 aliphatic heterocycles. The minimum Gasteiger partial charge on any atom is -0.378 e. The number of nitrogens with one attached hydrogen (secondary N) is 2. The van der Waals surface area contributed by atoms with E-state index in [0.29, 0.717) is 25.3 Å². The van der Waals surface area contributed by atoms with E-state index in [-0.39, 0.29) is 23.8 Å². The van der Waals surface area contributed by atoms with Crippen LogP contribution < -0.4 is 10.6 Å². The third-order valence-electron chi connectivity index (χ3n) is 2.97. The highest BCUT2D eigenvalue weighted by Gasteiger charge is 2.23. The van der Waals surface area contributed by atoms with Gasteiger partial charge in [0.25, 0.3) is 0 Å². The maximum atomic E-state index is 13.5. The zero-order valence-corrected chi connectivity index (χ0v) is 10.3. The van der Waals surface area contributed by atoms with Crippen LogP contribution >= 0.6 is 0 Å². The molecule has 4 nitrogen and oxygen atoms in total. The normalized spacial score (nSPS) is 21.3. The van der Waals surface area contributed by atoms with Gasteiger partial charge in [-0.3, -0.25) is 4.79 Å². The Kier molecular flexibility index (Phi) is 4.28. The van der Waals surface area contributed by atoms with E-state index in [9.17, 15) is 9.18 Å². The highest BCUT2D eigenvalue weighted by molar-refractivity contribution is 5.82. The molecule has 1 aromatic carbocycles. The van der Waals surface area contributed by atoms with Crippen LogP contribution in [0.3, 0.4) is 0 Å². The first kappa shape index (κ1) is 13.0. The van der Waals surface area contributed by atoms with E-state index >= 15 is 0 Å². The summed E-state index contributed by atoms with van der Waals surface area (Å²) < 4.78 is 18.8. The quantitative estimate of drug-likeness (QED) is 0.843. The summed E-state index contributed by atoms with van der Waals surface area (Å²) in [5, 5.41) is 5.84. The van der Waals surface area contributed by atoms with Crippen LogP contribution in [-0.4, -0.2) is 31.7 Å². The lowest BCUT2D eigenvalue weighted by Gasteiger charge is -2.25. The molecule has 0 radical (unpaired) electrons. The molecule has 18 heavy (non-hydrogen) atoms. The van der Waals surface area contributed by atoms with Crippen LogP contribution in [0.4, 0.5) is 4.39 Å². The van der Waals surface area contributed by atoms with Crippen LogP contribution in [0, 0.1) is 5.82 Å². The SMILES string of the molecule is C[C@@H](NC(=O)C1COCCN1)c1ccccc1F. The number of carbonyl (C=O) groups excluding carboxylic acids is 1. The van der Waals surface area contributed by atoms with E-state index in [4.69, 9.17) is 4.74 Å². The maximum absolute atomic E-state index is 13.5.